The number of rotatable bonds is 6. The molecule has 0 amide bonds. The number of benzene rings is 1. The second-order valence-electron chi connectivity index (χ2n) is 4.07. The number of hydrogen-bond acceptors (Lipinski definition) is 6. The Labute approximate surface area is 143 Å². The molecular formula is C15H14Cl2N2O4. The molecule has 0 bridgehead atoms. The van der Waals surface area contributed by atoms with Gasteiger partial charge in [-0.25, -0.2) is 9.59 Å². The third-order valence-electron chi connectivity index (χ3n) is 2.52. The maximum Gasteiger partial charge on any atom is 0.350 e. The molecule has 0 heterocycles. The predicted octanol–water partition coefficient (Wildman–Crippen LogP) is 3.55. The Morgan fingerprint density at radius 1 is 1.26 bits per heavy atom. The van der Waals surface area contributed by atoms with Crippen LogP contribution in [-0.4, -0.2) is 25.2 Å². The molecule has 0 fully saturated rings. The van der Waals surface area contributed by atoms with E-state index in [2.05, 4.69) is 5.32 Å². The molecular weight excluding hydrogens is 343 g/mol. The lowest BCUT2D eigenvalue weighted by molar-refractivity contribution is -0.138. The maximum absolute atomic E-state index is 11.8. The van der Waals surface area contributed by atoms with E-state index >= 15 is 0 Å². The van der Waals surface area contributed by atoms with Gasteiger partial charge in [0.15, 0.2) is 5.57 Å². The standard InChI is InChI=1S/C15H14Cl2N2O4/c1-3-22-14(20)9(7-18)8-19-12-6-10(16)5-11(13(12)17)15(21)23-4-2/h5-6,8,19H,3-4H2,1-2H3. The van der Waals surface area contributed by atoms with Crippen molar-refractivity contribution in [1.82, 2.24) is 0 Å². The summed E-state index contributed by atoms with van der Waals surface area (Å²) in [6.07, 6.45) is 1.13. The van der Waals surface area contributed by atoms with E-state index in [9.17, 15) is 9.59 Å². The van der Waals surface area contributed by atoms with E-state index in [4.69, 9.17) is 37.9 Å². The Hall–Kier alpha value is -2.23. The highest BCUT2D eigenvalue weighted by Gasteiger charge is 2.17. The van der Waals surface area contributed by atoms with Crippen LogP contribution in [0.2, 0.25) is 10.0 Å². The van der Waals surface area contributed by atoms with Crippen LogP contribution in [-0.2, 0) is 14.3 Å². The van der Waals surface area contributed by atoms with Crippen molar-refractivity contribution >= 4 is 40.8 Å². The fourth-order valence-corrected chi connectivity index (χ4v) is 2.01. The molecule has 0 spiro atoms. The molecule has 8 heteroatoms. The minimum atomic E-state index is -0.772. The summed E-state index contributed by atoms with van der Waals surface area (Å²) in [5.74, 6) is -1.40. The van der Waals surface area contributed by atoms with E-state index in [1.54, 1.807) is 19.9 Å². The van der Waals surface area contributed by atoms with Crippen LogP contribution in [0.4, 0.5) is 5.69 Å². The molecule has 23 heavy (non-hydrogen) atoms. The van der Waals surface area contributed by atoms with Crippen molar-refractivity contribution in [2.24, 2.45) is 0 Å². The molecule has 6 nitrogen and oxygen atoms in total. The zero-order valence-corrected chi connectivity index (χ0v) is 14.0. The average Bonchev–Trinajstić information content (AvgIpc) is 2.51. The Morgan fingerprint density at radius 2 is 1.91 bits per heavy atom. The van der Waals surface area contributed by atoms with Gasteiger partial charge in [-0.05, 0) is 26.0 Å². The smallest absolute Gasteiger partial charge is 0.350 e. The van der Waals surface area contributed by atoms with Gasteiger partial charge in [0.05, 0.1) is 29.5 Å². The van der Waals surface area contributed by atoms with Crippen LogP contribution in [0.15, 0.2) is 23.9 Å². The number of esters is 2. The summed E-state index contributed by atoms with van der Waals surface area (Å²) in [5, 5.41) is 11.9. The zero-order chi connectivity index (χ0) is 17.4. The van der Waals surface area contributed by atoms with Crippen molar-refractivity contribution in [2.45, 2.75) is 13.8 Å². The third kappa shape index (κ3) is 5.16. The maximum atomic E-state index is 11.8. The van der Waals surface area contributed by atoms with Crippen LogP contribution in [0.1, 0.15) is 24.2 Å². The second kappa shape index (κ2) is 9.03. The Kier molecular flexibility index (Phi) is 7.39. The SMILES string of the molecule is CCOC(=O)C(C#N)=CNc1cc(Cl)cc(C(=O)OCC)c1Cl. The lowest BCUT2D eigenvalue weighted by Gasteiger charge is -2.10. The van der Waals surface area contributed by atoms with Crippen molar-refractivity contribution in [3.8, 4) is 6.07 Å². The van der Waals surface area contributed by atoms with Crippen LogP contribution in [0.5, 0.6) is 0 Å². The first kappa shape index (κ1) is 18.8. The van der Waals surface area contributed by atoms with E-state index in [0.717, 1.165) is 6.20 Å². The molecule has 0 aliphatic heterocycles. The molecule has 0 aliphatic carbocycles. The van der Waals surface area contributed by atoms with Crippen LogP contribution in [0, 0.1) is 11.3 Å². The van der Waals surface area contributed by atoms with Crippen molar-refractivity contribution in [2.75, 3.05) is 18.5 Å². The molecule has 1 N–H and O–H groups in total. The molecule has 0 saturated heterocycles. The summed E-state index contributed by atoms with van der Waals surface area (Å²) < 4.78 is 9.61. The van der Waals surface area contributed by atoms with Gasteiger partial charge in [0, 0.05) is 11.2 Å². The Balaban J connectivity index is 3.12. The van der Waals surface area contributed by atoms with E-state index in [-0.39, 0.29) is 40.1 Å². The molecule has 1 rings (SSSR count). The lowest BCUT2D eigenvalue weighted by Crippen LogP contribution is -2.09. The number of ether oxygens (including phenoxy) is 2. The molecule has 0 aromatic heterocycles. The topological polar surface area (TPSA) is 88.4 Å². The first-order valence-electron chi connectivity index (χ1n) is 6.64. The molecule has 1 aromatic carbocycles. The van der Waals surface area contributed by atoms with Crippen molar-refractivity contribution < 1.29 is 19.1 Å². The van der Waals surface area contributed by atoms with Crippen LogP contribution >= 0.6 is 23.2 Å². The fourth-order valence-electron chi connectivity index (χ4n) is 1.55. The summed E-state index contributed by atoms with van der Waals surface area (Å²) in [6.45, 7) is 3.62. The molecule has 0 saturated carbocycles. The van der Waals surface area contributed by atoms with Gasteiger partial charge < -0.3 is 14.8 Å². The van der Waals surface area contributed by atoms with E-state index in [0.29, 0.717) is 0 Å². The van der Waals surface area contributed by atoms with Gasteiger partial charge >= 0.3 is 11.9 Å². The molecule has 122 valence electrons. The highest BCUT2D eigenvalue weighted by molar-refractivity contribution is 6.38. The third-order valence-corrected chi connectivity index (χ3v) is 3.15. The minimum Gasteiger partial charge on any atom is -0.462 e. The van der Waals surface area contributed by atoms with Crippen molar-refractivity contribution in [3.05, 3.63) is 39.5 Å². The highest BCUT2D eigenvalue weighted by atomic mass is 35.5. The number of nitrogens with one attached hydrogen (secondary N) is 1. The van der Waals surface area contributed by atoms with Gasteiger partial charge in [0.25, 0.3) is 0 Å². The summed E-state index contributed by atoms with van der Waals surface area (Å²) in [4.78, 5) is 23.3. The van der Waals surface area contributed by atoms with Crippen LogP contribution in [0.3, 0.4) is 0 Å². The van der Waals surface area contributed by atoms with E-state index in [1.807, 2.05) is 0 Å². The zero-order valence-electron chi connectivity index (χ0n) is 12.5. The Bertz CT molecular complexity index is 681. The first-order chi connectivity index (χ1) is 10.9. The van der Waals surface area contributed by atoms with Gasteiger partial charge in [-0.1, -0.05) is 23.2 Å². The summed E-state index contributed by atoms with van der Waals surface area (Å²) >= 11 is 12.1. The van der Waals surface area contributed by atoms with Gasteiger partial charge in [0.2, 0.25) is 0 Å². The number of nitriles is 1. The largest absolute Gasteiger partial charge is 0.462 e. The average molecular weight is 357 g/mol. The number of halogens is 2. The quantitative estimate of drug-likeness (QED) is 0.476. The van der Waals surface area contributed by atoms with Crippen LogP contribution in [0.25, 0.3) is 0 Å². The summed E-state index contributed by atoms with van der Waals surface area (Å²) in [5.41, 5.74) is 0.0754. The van der Waals surface area contributed by atoms with Crippen molar-refractivity contribution in [3.63, 3.8) is 0 Å². The summed E-state index contributed by atoms with van der Waals surface area (Å²) in [7, 11) is 0. The highest BCUT2D eigenvalue weighted by Crippen LogP contribution is 2.31. The number of nitrogens with zero attached hydrogens (tertiary/aromatic N) is 1. The van der Waals surface area contributed by atoms with Crippen molar-refractivity contribution in [1.29, 1.82) is 5.26 Å². The summed E-state index contributed by atoms with van der Waals surface area (Å²) in [6, 6.07) is 4.52. The Morgan fingerprint density at radius 3 is 2.48 bits per heavy atom. The number of hydrogen-bond donors (Lipinski definition) is 1. The van der Waals surface area contributed by atoms with Gasteiger partial charge in [-0.3, -0.25) is 0 Å². The predicted molar refractivity (Wildman–Crippen MR) is 86.4 cm³/mol. The van der Waals surface area contributed by atoms with Gasteiger partial charge in [-0.15, -0.1) is 0 Å². The van der Waals surface area contributed by atoms with Gasteiger partial charge in [-0.2, -0.15) is 5.26 Å². The molecule has 0 aliphatic rings. The first-order valence-corrected chi connectivity index (χ1v) is 7.40. The second-order valence-corrected chi connectivity index (χ2v) is 4.88. The number of carbonyl (C=O) groups excluding carboxylic acids is 2. The molecule has 0 radical (unpaired) electrons. The van der Waals surface area contributed by atoms with E-state index in [1.165, 1.54) is 12.1 Å². The molecule has 1 aromatic rings. The molecule has 0 atom stereocenters. The molecule has 0 unspecified atom stereocenters. The lowest BCUT2D eigenvalue weighted by atomic mass is 10.2. The van der Waals surface area contributed by atoms with Gasteiger partial charge in [0.1, 0.15) is 6.07 Å². The monoisotopic (exact) mass is 356 g/mol. The van der Waals surface area contributed by atoms with Crippen LogP contribution < -0.4 is 5.32 Å². The number of anilines is 1. The number of carbonyl (C=O) groups is 2. The minimum absolute atomic E-state index is 0.0604. The normalized spacial score (nSPS) is 10.7. The fraction of sp³-hybridized carbons (Fsp3) is 0.267. The van der Waals surface area contributed by atoms with E-state index < -0.39 is 11.9 Å².